The Balaban J connectivity index is 1.72. The number of ether oxygens (including phenoxy) is 1. The fourth-order valence-electron chi connectivity index (χ4n) is 2.28. The van der Waals surface area contributed by atoms with Crippen molar-refractivity contribution >= 4 is 0 Å². The highest BCUT2D eigenvalue weighted by Crippen LogP contribution is 2.23. The zero-order chi connectivity index (χ0) is 16.1. The third-order valence-electron chi connectivity index (χ3n) is 3.56. The van der Waals surface area contributed by atoms with E-state index in [1.165, 1.54) is 6.07 Å². The fourth-order valence-corrected chi connectivity index (χ4v) is 2.28. The van der Waals surface area contributed by atoms with Crippen LogP contribution in [0.1, 0.15) is 11.1 Å². The molecule has 0 amide bonds. The summed E-state index contributed by atoms with van der Waals surface area (Å²) in [6.45, 7) is 0.645. The molecule has 0 saturated carbocycles. The summed E-state index contributed by atoms with van der Waals surface area (Å²) in [6.07, 6.45) is 1.72. The van der Waals surface area contributed by atoms with Gasteiger partial charge in [0, 0.05) is 29.9 Å². The molecule has 0 atom stereocenters. The average molecular weight is 308 g/mol. The number of aromatic nitrogens is 1. The first kappa shape index (κ1) is 15.2. The lowest BCUT2D eigenvalue weighted by atomic mass is 10.0. The van der Waals surface area contributed by atoms with Gasteiger partial charge in [-0.1, -0.05) is 36.4 Å². The number of hydrogen-bond donors (Lipinski definition) is 1. The van der Waals surface area contributed by atoms with E-state index in [-0.39, 0.29) is 12.4 Å². The minimum atomic E-state index is -0.285. The SMILES string of the molecule is NCc1cc(-c2ccc(OCc3ccccc3)nc2)ccc1F. The molecule has 3 aromatic rings. The van der Waals surface area contributed by atoms with Gasteiger partial charge < -0.3 is 10.5 Å². The van der Waals surface area contributed by atoms with Gasteiger partial charge in [-0.3, -0.25) is 0 Å². The minimum Gasteiger partial charge on any atom is -0.473 e. The van der Waals surface area contributed by atoms with E-state index in [1.807, 2.05) is 42.5 Å². The van der Waals surface area contributed by atoms with Crippen molar-refractivity contribution in [1.82, 2.24) is 4.98 Å². The zero-order valence-corrected chi connectivity index (χ0v) is 12.6. The van der Waals surface area contributed by atoms with Crippen molar-refractivity contribution in [2.75, 3.05) is 0 Å². The Bertz CT molecular complexity index is 773. The molecule has 4 heteroatoms. The predicted octanol–water partition coefficient (Wildman–Crippen LogP) is 3.93. The second kappa shape index (κ2) is 7.03. The maximum absolute atomic E-state index is 13.5. The van der Waals surface area contributed by atoms with E-state index in [4.69, 9.17) is 10.5 Å². The third kappa shape index (κ3) is 3.73. The summed E-state index contributed by atoms with van der Waals surface area (Å²) in [7, 11) is 0. The molecule has 3 nitrogen and oxygen atoms in total. The molecule has 1 heterocycles. The first-order valence-corrected chi connectivity index (χ1v) is 7.38. The van der Waals surface area contributed by atoms with Crippen molar-refractivity contribution in [2.45, 2.75) is 13.2 Å². The second-order valence-electron chi connectivity index (χ2n) is 5.17. The van der Waals surface area contributed by atoms with Gasteiger partial charge in [0.1, 0.15) is 12.4 Å². The van der Waals surface area contributed by atoms with Crippen molar-refractivity contribution in [3.8, 4) is 17.0 Å². The summed E-state index contributed by atoms with van der Waals surface area (Å²) in [6, 6.07) is 18.5. The summed E-state index contributed by atoms with van der Waals surface area (Å²) in [5, 5.41) is 0. The average Bonchev–Trinajstić information content (AvgIpc) is 2.62. The van der Waals surface area contributed by atoms with Gasteiger partial charge in [0.25, 0.3) is 0 Å². The van der Waals surface area contributed by atoms with Gasteiger partial charge in [0.2, 0.25) is 5.88 Å². The molecule has 0 radical (unpaired) electrons. The first-order valence-electron chi connectivity index (χ1n) is 7.38. The fraction of sp³-hybridized carbons (Fsp3) is 0.105. The van der Waals surface area contributed by atoms with Gasteiger partial charge in [-0.15, -0.1) is 0 Å². The van der Waals surface area contributed by atoms with Crippen molar-refractivity contribution in [1.29, 1.82) is 0 Å². The molecule has 23 heavy (non-hydrogen) atoms. The Kier molecular flexibility index (Phi) is 4.64. The lowest BCUT2D eigenvalue weighted by Gasteiger charge is -2.08. The number of nitrogens with two attached hydrogens (primary N) is 1. The minimum absolute atomic E-state index is 0.172. The van der Waals surface area contributed by atoms with E-state index in [2.05, 4.69) is 4.98 Å². The van der Waals surface area contributed by atoms with Crippen molar-refractivity contribution in [3.63, 3.8) is 0 Å². The first-order chi connectivity index (χ1) is 11.3. The second-order valence-corrected chi connectivity index (χ2v) is 5.17. The van der Waals surface area contributed by atoms with Gasteiger partial charge in [-0.2, -0.15) is 0 Å². The van der Waals surface area contributed by atoms with Crippen LogP contribution in [0.2, 0.25) is 0 Å². The summed E-state index contributed by atoms with van der Waals surface area (Å²) in [4.78, 5) is 4.30. The lowest BCUT2D eigenvalue weighted by molar-refractivity contribution is 0.294. The van der Waals surface area contributed by atoms with Gasteiger partial charge in [0.15, 0.2) is 0 Å². The summed E-state index contributed by atoms with van der Waals surface area (Å²) in [5.74, 6) is 0.269. The molecule has 0 aliphatic carbocycles. The smallest absolute Gasteiger partial charge is 0.213 e. The van der Waals surface area contributed by atoms with E-state index >= 15 is 0 Å². The normalized spacial score (nSPS) is 10.5. The molecule has 0 bridgehead atoms. The van der Waals surface area contributed by atoms with Crippen LogP contribution >= 0.6 is 0 Å². The van der Waals surface area contributed by atoms with Crippen molar-refractivity contribution in [3.05, 3.63) is 83.8 Å². The van der Waals surface area contributed by atoms with E-state index in [0.29, 0.717) is 18.1 Å². The van der Waals surface area contributed by atoms with Gasteiger partial charge in [-0.05, 0) is 29.3 Å². The van der Waals surface area contributed by atoms with Crippen LogP contribution in [0.15, 0.2) is 66.9 Å². The van der Waals surface area contributed by atoms with Crippen LogP contribution in [-0.2, 0) is 13.2 Å². The van der Waals surface area contributed by atoms with Crippen LogP contribution < -0.4 is 10.5 Å². The highest BCUT2D eigenvalue weighted by molar-refractivity contribution is 5.63. The molecule has 0 fully saturated rings. The molecule has 0 unspecified atom stereocenters. The topological polar surface area (TPSA) is 48.1 Å². The Morgan fingerprint density at radius 1 is 0.957 bits per heavy atom. The molecular weight excluding hydrogens is 291 g/mol. The number of benzene rings is 2. The molecule has 0 saturated heterocycles. The van der Waals surface area contributed by atoms with Gasteiger partial charge in [-0.25, -0.2) is 9.37 Å². The Morgan fingerprint density at radius 2 is 1.74 bits per heavy atom. The molecular formula is C19H17FN2O. The molecule has 0 aliphatic rings. The molecule has 0 spiro atoms. The largest absolute Gasteiger partial charge is 0.473 e. The Hall–Kier alpha value is -2.72. The van der Waals surface area contributed by atoms with Crippen LogP contribution in [0.3, 0.4) is 0 Å². The lowest BCUT2D eigenvalue weighted by Crippen LogP contribution is -2.00. The summed E-state index contributed by atoms with van der Waals surface area (Å²) >= 11 is 0. The Morgan fingerprint density at radius 3 is 2.43 bits per heavy atom. The van der Waals surface area contributed by atoms with Crippen LogP contribution in [0.5, 0.6) is 5.88 Å². The van der Waals surface area contributed by atoms with Gasteiger partial charge >= 0.3 is 0 Å². The standard InChI is InChI=1S/C19H17FN2O/c20-18-8-6-15(10-17(18)11-21)16-7-9-19(22-12-16)23-13-14-4-2-1-3-5-14/h1-10,12H,11,13,21H2. The maximum Gasteiger partial charge on any atom is 0.213 e. The number of halogens is 1. The number of hydrogen-bond acceptors (Lipinski definition) is 3. The molecule has 0 aliphatic heterocycles. The number of rotatable bonds is 5. The van der Waals surface area contributed by atoms with E-state index in [9.17, 15) is 4.39 Å². The highest BCUT2D eigenvalue weighted by atomic mass is 19.1. The quantitative estimate of drug-likeness (QED) is 0.777. The zero-order valence-electron chi connectivity index (χ0n) is 12.6. The van der Waals surface area contributed by atoms with Crippen molar-refractivity contribution < 1.29 is 9.13 Å². The van der Waals surface area contributed by atoms with Crippen LogP contribution in [0.4, 0.5) is 4.39 Å². The van der Waals surface area contributed by atoms with Crippen LogP contribution in [0.25, 0.3) is 11.1 Å². The van der Waals surface area contributed by atoms with Gasteiger partial charge in [0.05, 0.1) is 0 Å². The van der Waals surface area contributed by atoms with Crippen LogP contribution in [0, 0.1) is 5.82 Å². The Labute approximate surface area is 134 Å². The third-order valence-corrected chi connectivity index (χ3v) is 3.56. The highest BCUT2D eigenvalue weighted by Gasteiger charge is 2.05. The van der Waals surface area contributed by atoms with Crippen LogP contribution in [-0.4, -0.2) is 4.98 Å². The summed E-state index contributed by atoms with van der Waals surface area (Å²) in [5.41, 5.74) is 8.90. The van der Waals surface area contributed by atoms with E-state index in [1.54, 1.807) is 18.3 Å². The molecule has 2 aromatic carbocycles. The predicted molar refractivity (Wildman–Crippen MR) is 88.3 cm³/mol. The number of pyridine rings is 1. The number of nitrogens with zero attached hydrogens (tertiary/aromatic N) is 1. The maximum atomic E-state index is 13.5. The molecule has 2 N–H and O–H groups in total. The van der Waals surface area contributed by atoms with E-state index < -0.39 is 0 Å². The van der Waals surface area contributed by atoms with Crippen molar-refractivity contribution in [2.24, 2.45) is 5.73 Å². The molecule has 1 aromatic heterocycles. The summed E-state index contributed by atoms with van der Waals surface area (Å²) < 4.78 is 19.2. The monoisotopic (exact) mass is 308 g/mol. The molecule has 116 valence electrons. The molecule has 3 rings (SSSR count). The van der Waals surface area contributed by atoms with E-state index in [0.717, 1.165) is 16.7 Å².